The molecule has 102 valence electrons. The number of amides is 1. The third-order valence-electron chi connectivity index (χ3n) is 2.57. The van der Waals surface area contributed by atoms with Crippen LogP contribution in [0.1, 0.15) is 12.5 Å². The van der Waals surface area contributed by atoms with Gasteiger partial charge in [0, 0.05) is 5.75 Å². The summed E-state index contributed by atoms with van der Waals surface area (Å²) in [5.74, 6) is 0.398. The molecule has 0 saturated heterocycles. The lowest BCUT2D eigenvalue weighted by molar-refractivity contribution is 0.131. The van der Waals surface area contributed by atoms with Gasteiger partial charge in [0.15, 0.2) is 5.17 Å². The summed E-state index contributed by atoms with van der Waals surface area (Å²) in [5, 5.41) is 0.669. The zero-order chi connectivity index (χ0) is 13.7. The summed E-state index contributed by atoms with van der Waals surface area (Å²) in [4.78, 5) is 17.5. The average molecular weight is 282 g/mol. The Morgan fingerprint density at radius 3 is 2.89 bits per heavy atom. The van der Waals surface area contributed by atoms with Crippen molar-refractivity contribution in [1.82, 2.24) is 4.90 Å². The molecule has 0 fully saturated rings. The predicted molar refractivity (Wildman–Crippen MR) is 73.7 cm³/mol. The Morgan fingerprint density at radius 2 is 2.21 bits per heavy atom. The van der Waals surface area contributed by atoms with Gasteiger partial charge in [0.2, 0.25) is 0 Å². The molecular weight excluding hydrogens is 267 g/mol. The maximum atomic E-state index is 12.8. The Balaban J connectivity index is 1.91. The fourth-order valence-corrected chi connectivity index (χ4v) is 2.64. The van der Waals surface area contributed by atoms with Crippen molar-refractivity contribution in [3.05, 3.63) is 35.6 Å². The number of rotatable bonds is 3. The van der Waals surface area contributed by atoms with Crippen LogP contribution in [0.2, 0.25) is 0 Å². The Kier molecular flexibility index (Phi) is 4.79. The molecule has 0 spiro atoms. The number of carbonyl (C=O) groups excluding carboxylic acids is 1. The number of halogens is 1. The van der Waals surface area contributed by atoms with E-state index in [4.69, 9.17) is 4.74 Å². The zero-order valence-electron chi connectivity index (χ0n) is 10.6. The summed E-state index contributed by atoms with van der Waals surface area (Å²) in [6.07, 6.45) is -0.356. The van der Waals surface area contributed by atoms with Crippen LogP contribution >= 0.6 is 11.8 Å². The first-order valence-corrected chi connectivity index (χ1v) is 7.05. The van der Waals surface area contributed by atoms with Crippen molar-refractivity contribution in [3.8, 4) is 0 Å². The normalized spacial score (nSPS) is 14.4. The molecule has 1 aromatic carbocycles. The van der Waals surface area contributed by atoms with Crippen molar-refractivity contribution in [2.24, 2.45) is 4.99 Å². The number of benzene rings is 1. The van der Waals surface area contributed by atoms with Crippen LogP contribution in [0.25, 0.3) is 0 Å². The van der Waals surface area contributed by atoms with Crippen LogP contribution in [-0.4, -0.2) is 35.9 Å². The molecule has 0 saturated carbocycles. The molecule has 1 aliphatic heterocycles. The van der Waals surface area contributed by atoms with Gasteiger partial charge in [-0.3, -0.25) is 9.89 Å². The minimum Gasteiger partial charge on any atom is -0.449 e. The molecule has 0 atom stereocenters. The number of ether oxygens (including phenoxy) is 1. The Labute approximate surface area is 115 Å². The molecule has 1 aliphatic rings. The van der Waals surface area contributed by atoms with E-state index < -0.39 is 0 Å². The molecule has 0 unspecified atom stereocenters. The lowest BCUT2D eigenvalue weighted by Gasteiger charge is -2.16. The lowest BCUT2D eigenvalue weighted by Crippen LogP contribution is -2.33. The van der Waals surface area contributed by atoms with Crippen molar-refractivity contribution < 1.29 is 13.9 Å². The van der Waals surface area contributed by atoms with E-state index in [0.29, 0.717) is 30.6 Å². The van der Waals surface area contributed by atoms with Crippen LogP contribution in [-0.2, 0) is 10.5 Å². The quantitative estimate of drug-likeness (QED) is 0.856. The standard InChI is InChI=1S/C13H15FN2O2S/c1-2-18-13(17)16-8-7-15-12(16)19-9-10-3-5-11(14)6-4-10/h3-6H,2,7-9H2,1H3. The predicted octanol–water partition coefficient (Wildman–Crippen LogP) is 2.89. The van der Waals surface area contributed by atoms with Crippen LogP contribution in [0, 0.1) is 5.82 Å². The number of hydrogen-bond donors (Lipinski definition) is 0. The van der Waals surface area contributed by atoms with E-state index in [1.54, 1.807) is 19.1 Å². The number of amidine groups is 1. The molecule has 19 heavy (non-hydrogen) atoms. The minimum absolute atomic E-state index is 0.250. The highest BCUT2D eigenvalue weighted by atomic mass is 32.2. The second-order valence-corrected chi connectivity index (χ2v) is 4.87. The number of hydrogen-bond acceptors (Lipinski definition) is 4. The fraction of sp³-hybridized carbons (Fsp3) is 0.385. The molecule has 6 heteroatoms. The van der Waals surface area contributed by atoms with Gasteiger partial charge in [-0.15, -0.1) is 0 Å². The smallest absolute Gasteiger partial charge is 0.415 e. The Morgan fingerprint density at radius 1 is 1.47 bits per heavy atom. The SMILES string of the molecule is CCOC(=O)N1CCN=C1SCc1ccc(F)cc1. The van der Waals surface area contributed by atoms with Gasteiger partial charge < -0.3 is 4.74 Å². The number of aliphatic imine (C=N–C) groups is 1. The van der Waals surface area contributed by atoms with Crippen molar-refractivity contribution in [2.45, 2.75) is 12.7 Å². The van der Waals surface area contributed by atoms with Gasteiger partial charge in [-0.2, -0.15) is 0 Å². The van der Waals surface area contributed by atoms with Crippen molar-refractivity contribution in [3.63, 3.8) is 0 Å². The fourth-order valence-electron chi connectivity index (χ4n) is 1.65. The molecule has 0 radical (unpaired) electrons. The number of carbonyl (C=O) groups is 1. The second-order valence-electron chi connectivity index (χ2n) is 3.93. The molecule has 1 heterocycles. The van der Waals surface area contributed by atoms with E-state index in [-0.39, 0.29) is 11.9 Å². The monoisotopic (exact) mass is 282 g/mol. The molecule has 0 aliphatic carbocycles. The second kappa shape index (κ2) is 6.56. The van der Waals surface area contributed by atoms with Gasteiger partial charge in [0.25, 0.3) is 0 Å². The Bertz CT molecular complexity index is 476. The first-order valence-electron chi connectivity index (χ1n) is 6.06. The Hall–Kier alpha value is -1.56. The molecule has 2 rings (SSSR count). The van der Waals surface area contributed by atoms with Gasteiger partial charge in [0.05, 0.1) is 19.7 Å². The average Bonchev–Trinajstić information content (AvgIpc) is 2.87. The van der Waals surface area contributed by atoms with Crippen molar-refractivity contribution in [2.75, 3.05) is 19.7 Å². The third kappa shape index (κ3) is 3.70. The minimum atomic E-state index is -0.356. The van der Waals surface area contributed by atoms with Crippen LogP contribution in [0.3, 0.4) is 0 Å². The van der Waals surface area contributed by atoms with Crippen molar-refractivity contribution in [1.29, 1.82) is 0 Å². The maximum absolute atomic E-state index is 12.8. The molecule has 0 aromatic heterocycles. The highest BCUT2D eigenvalue weighted by Gasteiger charge is 2.24. The van der Waals surface area contributed by atoms with Crippen LogP contribution in [0.4, 0.5) is 9.18 Å². The summed E-state index contributed by atoms with van der Waals surface area (Å²) in [5.41, 5.74) is 0.991. The highest BCUT2D eigenvalue weighted by molar-refractivity contribution is 8.13. The van der Waals surface area contributed by atoms with E-state index in [0.717, 1.165) is 5.56 Å². The summed E-state index contributed by atoms with van der Waals surface area (Å²) in [6.45, 7) is 3.29. The highest BCUT2D eigenvalue weighted by Crippen LogP contribution is 2.20. The molecule has 0 N–H and O–H groups in total. The summed E-state index contributed by atoms with van der Waals surface area (Å²) in [7, 11) is 0. The molecule has 1 aromatic rings. The largest absolute Gasteiger partial charge is 0.449 e. The van der Waals surface area contributed by atoms with Gasteiger partial charge in [-0.05, 0) is 24.6 Å². The summed E-state index contributed by atoms with van der Waals surface area (Å²) in [6, 6.07) is 6.31. The van der Waals surface area contributed by atoms with Crippen LogP contribution < -0.4 is 0 Å². The van der Waals surface area contributed by atoms with E-state index in [1.807, 2.05) is 0 Å². The topological polar surface area (TPSA) is 41.9 Å². The zero-order valence-corrected chi connectivity index (χ0v) is 11.5. The molecular formula is C13H15FN2O2S. The van der Waals surface area contributed by atoms with Gasteiger partial charge >= 0.3 is 6.09 Å². The van der Waals surface area contributed by atoms with Gasteiger partial charge in [-0.1, -0.05) is 23.9 Å². The van der Waals surface area contributed by atoms with E-state index >= 15 is 0 Å². The molecule has 0 bridgehead atoms. The molecule has 4 nitrogen and oxygen atoms in total. The van der Waals surface area contributed by atoms with E-state index in [2.05, 4.69) is 4.99 Å². The molecule has 1 amide bonds. The van der Waals surface area contributed by atoms with Gasteiger partial charge in [0.1, 0.15) is 5.82 Å². The van der Waals surface area contributed by atoms with E-state index in [9.17, 15) is 9.18 Å². The summed E-state index contributed by atoms with van der Waals surface area (Å²) < 4.78 is 17.7. The number of thioether (sulfide) groups is 1. The lowest BCUT2D eigenvalue weighted by atomic mass is 10.2. The number of nitrogens with zero attached hydrogens (tertiary/aromatic N) is 2. The van der Waals surface area contributed by atoms with Crippen LogP contribution in [0.15, 0.2) is 29.3 Å². The first-order chi connectivity index (χ1) is 9.20. The van der Waals surface area contributed by atoms with Crippen molar-refractivity contribution >= 4 is 23.0 Å². The first kappa shape index (κ1) is 13.9. The maximum Gasteiger partial charge on any atom is 0.415 e. The third-order valence-corrected chi connectivity index (χ3v) is 3.66. The van der Waals surface area contributed by atoms with Gasteiger partial charge in [-0.25, -0.2) is 9.18 Å². The van der Waals surface area contributed by atoms with E-state index in [1.165, 1.54) is 28.8 Å². The summed E-state index contributed by atoms with van der Waals surface area (Å²) >= 11 is 1.46. The van der Waals surface area contributed by atoms with Crippen LogP contribution in [0.5, 0.6) is 0 Å².